The lowest BCUT2D eigenvalue weighted by Crippen LogP contribution is -2.34. The molecule has 0 spiro atoms. The number of rotatable bonds is 8. The highest BCUT2D eigenvalue weighted by atomic mass is 35.5. The molecule has 0 atom stereocenters. The lowest BCUT2D eigenvalue weighted by atomic mass is 9.96. The summed E-state index contributed by atoms with van der Waals surface area (Å²) in [5.41, 5.74) is -0.925. The molecule has 0 aromatic carbocycles. The highest BCUT2D eigenvalue weighted by Gasteiger charge is 2.28. The SMILES string of the molecule is CN(C)C(=O)c1ccc(-c2cc(NCc3ccc(Cl)s3)n(C(=O)C(C)(C)C)n2)c(=O)n1CC(=O)c1nccs1. The van der Waals surface area contributed by atoms with Gasteiger partial charge in [-0.25, -0.2) is 4.98 Å². The lowest BCUT2D eigenvalue weighted by Gasteiger charge is -2.18. The summed E-state index contributed by atoms with van der Waals surface area (Å²) in [6.07, 6.45) is 1.50. The number of halogens is 1. The van der Waals surface area contributed by atoms with Crippen LogP contribution in [0.3, 0.4) is 0 Å². The first-order valence-electron chi connectivity index (χ1n) is 11.9. The van der Waals surface area contributed by atoms with Crippen LogP contribution in [-0.4, -0.2) is 55.9 Å². The maximum absolute atomic E-state index is 13.7. The van der Waals surface area contributed by atoms with Crippen LogP contribution >= 0.6 is 34.3 Å². The number of carbonyl (C=O) groups excluding carboxylic acids is 3. The maximum Gasteiger partial charge on any atom is 0.270 e. The number of aromatic nitrogens is 4. The number of Topliss-reactive ketones (excluding diaryl/α,β-unsaturated/α-hetero) is 1. The van der Waals surface area contributed by atoms with E-state index in [-0.39, 0.29) is 34.4 Å². The topological polar surface area (TPSA) is 119 Å². The second kappa shape index (κ2) is 11.2. The molecule has 0 unspecified atom stereocenters. The van der Waals surface area contributed by atoms with E-state index in [9.17, 15) is 19.2 Å². The lowest BCUT2D eigenvalue weighted by molar-refractivity contribution is 0.0751. The summed E-state index contributed by atoms with van der Waals surface area (Å²) in [5.74, 6) is -0.717. The molecule has 0 bridgehead atoms. The first-order chi connectivity index (χ1) is 18.4. The number of hydrogen-bond donors (Lipinski definition) is 1. The highest BCUT2D eigenvalue weighted by Crippen LogP contribution is 2.27. The van der Waals surface area contributed by atoms with Gasteiger partial charge in [-0.05, 0) is 24.3 Å². The quantitative estimate of drug-likeness (QED) is 0.295. The molecule has 0 saturated carbocycles. The van der Waals surface area contributed by atoms with Gasteiger partial charge in [0.05, 0.1) is 23.0 Å². The molecule has 0 fully saturated rings. The van der Waals surface area contributed by atoms with Crippen molar-refractivity contribution in [3.05, 3.63) is 72.2 Å². The summed E-state index contributed by atoms with van der Waals surface area (Å²) in [6, 6.07) is 8.25. The molecular weight excluding hydrogens is 560 g/mol. The molecule has 0 aliphatic carbocycles. The van der Waals surface area contributed by atoms with Gasteiger partial charge in [0, 0.05) is 42.0 Å². The minimum atomic E-state index is -0.756. The Kier molecular flexibility index (Phi) is 8.19. The molecule has 4 aromatic heterocycles. The van der Waals surface area contributed by atoms with Gasteiger partial charge in [-0.15, -0.1) is 22.7 Å². The molecule has 204 valence electrons. The van der Waals surface area contributed by atoms with Crippen LogP contribution in [-0.2, 0) is 13.1 Å². The van der Waals surface area contributed by atoms with Gasteiger partial charge in [-0.1, -0.05) is 32.4 Å². The second-order valence-electron chi connectivity index (χ2n) is 9.92. The fourth-order valence-electron chi connectivity index (χ4n) is 3.65. The van der Waals surface area contributed by atoms with Crippen molar-refractivity contribution in [1.82, 2.24) is 24.2 Å². The molecule has 0 aliphatic heterocycles. The van der Waals surface area contributed by atoms with Gasteiger partial charge >= 0.3 is 0 Å². The number of ketones is 1. The monoisotopic (exact) mass is 586 g/mol. The van der Waals surface area contributed by atoms with Crippen LogP contribution in [0.25, 0.3) is 11.3 Å². The normalized spacial score (nSPS) is 11.4. The molecule has 1 amide bonds. The fraction of sp³-hybridized carbons (Fsp3) is 0.308. The van der Waals surface area contributed by atoms with E-state index in [0.29, 0.717) is 16.7 Å². The Hall–Kier alpha value is -3.61. The number of anilines is 1. The van der Waals surface area contributed by atoms with Gasteiger partial charge in [0.1, 0.15) is 17.2 Å². The van der Waals surface area contributed by atoms with E-state index in [2.05, 4.69) is 15.4 Å². The van der Waals surface area contributed by atoms with Crippen molar-refractivity contribution in [1.29, 1.82) is 0 Å². The average molecular weight is 587 g/mol. The molecule has 4 heterocycles. The Balaban J connectivity index is 1.80. The number of nitrogens with one attached hydrogen (secondary N) is 1. The Bertz CT molecular complexity index is 1600. The van der Waals surface area contributed by atoms with Crippen molar-refractivity contribution in [3.63, 3.8) is 0 Å². The largest absolute Gasteiger partial charge is 0.365 e. The number of pyridine rings is 1. The van der Waals surface area contributed by atoms with Crippen LogP contribution in [0, 0.1) is 5.41 Å². The molecule has 0 aliphatic rings. The zero-order chi connectivity index (χ0) is 28.5. The summed E-state index contributed by atoms with van der Waals surface area (Å²) in [7, 11) is 3.12. The van der Waals surface area contributed by atoms with E-state index in [1.165, 1.54) is 39.2 Å². The highest BCUT2D eigenvalue weighted by molar-refractivity contribution is 7.16. The number of thiazole rings is 1. The number of hydrogen-bond acceptors (Lipinski definition) is 9. The molecule has 0 saturated heterocycles. The molecule has 4 aromatic rings. The van der Waals surface area contributed by atoms with Gasteiger partial charge < -0.3 is 10.2 Å². The van der Waals surface area contributed by atoms with E-state index in [4.69, 9.17) is 11.6 Å². The van der Waals surface area contributed by atoms with E-state index in [0.717, 1.165) is 20.8 Å². The van der Waals surface area contributed by atoms with Crippen molar-refractivity contribution in [2.24, 2.45) is 5.41 Å². The van der Waals surface area contributed by atoms with Gasteiger partial charge in [-0.2, -0.15) is 9.78 Å². The van der Waals surface area contributed by atoms with E-state index in [1.54, 1.807) is 52.4 Å². The molecule has 1 N–H and O–H groups in total. The van der Waals surface area contributed by atoms with Crippen LogP contribution in [0.1, 0.15) is 50.7 Å². The van der Waals surface area contributed by atoms with Crippen LogP contribution in [0.5, 0.6) is 0 Å². The van der Waals surface area contributed by atoms with Gasteiger partial charge in [0.15, 0.2) is 5.01 Å². The van der Waals surface area contributed by atoms with Crippen LogP contribution in [0.15, 0.2) is 46.7 Å². The predicted molar refractivity (Wildman–Crippen MR) is 153 cm³/mol. The van der Waals surface area contributed by atoms with E-state index in [1.807, 2.05) is 6.07 Å². The molecule has 39 heavy (non-hydrogen) atoms. The van der Waals surface area contributed by atoms with E-state index < -0.39 is 22.7 Å². The number of nitrogens with zero attached hydrogens (tertiary/aromatic N) is 5. The van der Waals surface area contributed by atoms with Gasteiger partial charge in [0.2, 0.25) is 5.78 Å². The zero-order valence-corrected chi connectivity index (χ0v) is 24.4. The number of amides is 1. The first kappa shape index (κ1) is 28.4. The minimum absolute atomic E-state index is 0.0526. The smallest absolute Gasteiger partial charge is 0.270 e. The third kappa shape index (κ3) is 6.18. The van der Waals surface area contributed by atoms with Gasteiger partial charge in [-0.3, -0.25) is 23.7 Å². The number of thiophene rings is 1. The van der Waals surface area contributed by atoms with Crippen molar-refractivity contribution >= 4 is 57.7 Å². The fourth-order valence-corrected chi connectivity index (χ4v) is 5.25. The molecule has 0 radical (unpaired) electrons. The third-order valence-electron chi connectivity index (χ3n) is 5.66. The van der Waals surface area contributed by atoms with Gasteiger partial charge in [0.25, 0.3) is 17.4 Å². The predicted octanol–water partition coefficient (Wildman–Crippen LogP) is 4.77. The molecule has 13 heteroatoms. The van der Waals surface area contributed by atoms with Crippen LogP contribution in [0.2, 0.25) is 4.34 Å². The summed E-state index contributed by atoms with van der Waals surface area (Å²) in [6.45, 7) is 5.35. The Labute approximate surface area is 237 Å². The minimum Gasteiger partial charge on any atom is -0.365 e. The summed E-state index contributed by atoms with van der Waals surface area (Å²) in [5, 5.41) is 9.59. The molecule has 4 rings (SSSR count). The molecular formula is C26H27ClN6O4S2. The van der Waals surface area contributed by atoms with Crippen molar-refractivity contribution < 1.29 is 14.4 Å². The van der Waals surface area contributed by atoms with Crippen LogP contribution < -0.4 is 10.9 Å². The number of carbonyl (C=O) groups is 3. The standard InChI is InChI=1S/C26H27ClN6O4S2/c1-26(2,3)25(37)33-21(29-13-15-6-9-20(27)39-15)12-17(30-33)16-7-8-18(24(36)31(4)5)32(23(16)35)14-19(34)22-28-10-11-38-22/h6-12,29H,13-14H2,1-5H3. The second-order valence-corrected chi connectivity index (χ2v) is 12.6. The van der Waals surface area contributed by atoms with Crippen molar-refractivity contribution in [2.45, 2.75) is 33.9 Å². The zero-order valence-electron chi connectivity index (χ0n) is 22.0. The average Bonchev–Trinajstić information content (AvgIpc) is 3.63. The molecule has 10 nitrogen and oxygen atoms in total. The third-order valence-corrected chi connectivity index (χ3v) is 7.71. The maximum atomic E-state index is 13.7. The Morgan fingerprint density at radius 2 is 1.87 bits per heavy atom. The summed E-state index contributed by atoms with van der Waals surface area (Å²) >= 11 is 8.61. The van der Waals surface area contributed by atoms with Crippen molar-refractivity contribution in [2.75, 3.05) is 19.4 Å². The Morgan fingerprint density at radius 3 is 2.46 bits per heavy atom. The van der Waals surface area contributed by atoms with Crippen molar-refractivity contribution in [3.8, 4) is 11.3 Å². The van der Waals surface area contributed by atoms with E-state index >= 15 is 0 Å². The summed E-state index contributed by atoms with van der Waals surface area (Å²) < 4.78 is 3.02. The first-order valence-corrected chi connectivity index (χ1v) is 14.0. The van der Waals surface area contributed by atoms with Crippen LogP contribution in [0.4, 0.5) is 5.82 Å². The summed E-state index contributed by atoms with van der Waals surface area (Å²) in [4.78, 5) is 59.1. The Morgan fingerprint density at radius 1 is 1.13 bits per heavy atom.